The van der Waals surface area contributed by atoms with Crippen LogP contribution in [0.25, 0.3) is 0 Å². The lowest BCUT2D eigenvalue weighted by Gasteiger charge is -2.13. The monoisotopic (exact) mass is 239 g/mol. The molecule has 90 valence electrons. The second-order valence-corrected chi connectivity index (χ2v) is 3.88. The molecule has 17 heavy (non-hydrogen) atoms. The first-order valence-corrected chi connectivity index (χ1v) is 5.17. The summed E-state index contributed by atoms with van der Waals surface area (Å²) in [6.07, 6.45) is 0. The van der Waals surface area contributed by atoms with Crippen LogP contribution >= 0.6 is 0 Å². The fraction of sp³-hybridized carbons (Fsp3) is 0.364. The molecule has 1 aromatic carbocycles. The Kier molecular flexibility index (Phi) is 3.12. The van der Waals surface area contributed by atoms with E-state index < -0.39 is 17.7 Å². The summed E-state index contributed by atoms with van der Waals surface area (Å²) in [5, 5.41) is 8.83. The van der Waals surface area contributed by atoms with Crippen molar-refractivity contribution < 1.29 is 13.6 Å². The molecule has 2 rings (SSSR count). The predicted octanol–water partition coefficient (Wildman–Crippen LogP) is 2.11. The summed E-state index contributed by atoms with van der Waals surface area (Å²) in [7, 11) is 0. The van der Waals surface area contributed by atoms with Crippen molar-refractivity contribution in [2.24, 2.45) is 10.3 Å². The number of rotatable bonds is 3. The van der Waals surface area contributed by atoms with Gasteiger partial charge in [0.25, 0.3) is 0 Å². The predicted molar refractivity (Wildman–Crippen MR) is 56.1 cm³/mol. The second kappa shape index (κ2) is 4.57. The average Bonchev–Trinajstić information content (AvgIpc) is 2.72. The van der Waals surface area contributed by atoms with Crippen molar-refractivity contribution in [2.75, 3.05) is 6.54 Å². The van der Waals surface area contributed by atoms with Gasteiger partial charge in [0.15, 0.2) is 5.78 Å². The van der Waals surface area contributed by atoms with E-state index in [2.05, 4.69) is 10.3 Å². The first kappa shape index (κ1) is 11.6. The summed E-state index contributed by atoms with van der Waals surface area (Å²) in [5.41, 5.74) is -0.0596. The number of halogens is 2. The third-order valence-corrected chi connectivity index (χ3v) is 2.57. The van der Waals surface area contributed by atoms with E-state index in [9.17, 15) is 13.6 Å². The van der Waals surface area contributed by atoms with E-state index in [4.69, 9.17) is 0 Å². The molecule has 1 aliphatic rings. The summed E-state index contributed by atoms with van der Waals surface area (Å²) in [4.78, 5) is 11.0. The van der Waals surface area contributed by atoms with Crippen molar-refractivity contribution in [3.05, 3.63) is 35.4 Å². The highest BCUT2D eigenvalue weighted by Gasteiger charge is 2.24. The molecule has 1 atom stereocenters. The lowest BCUT2D eigenvalue weighted by atomic mass is 10.1. The number of carbonyl (C=O) groups excluding carboxylic acids is 1. The molecule has 0 bridgehead atoms. The van der Waals surface area contributed by atoms with Crippen LogP contribution in [-0.4, -0.2) is 23.4 Å². The summed E-state index contributed by atoms with van der Waals surface area (Å²) >= 11 is 0. The number of Topliss-reactive ketones (excluding diaryl/α,β-unsaturated/α-hetero) is 1. The molecule has 1 heterocycles. The SMILES string of the molecule is CC(=O)C1CN(Cc2c(F)cccc2F)N=N1. The van der Waals surface area contributed by atoms with Crippen molar-refractivity contribution >= 4 is 5.78 Å². The molecule has 0 saturated heterocycles. The number of benzene rings is 1. The third kappa shape index (κ3) is 2.46. The number of hydrogen-bond donors (Lipinski definition) is 0. The van der Waals surface area contributed by atoms with Crippen LogP contribution in [0, 0.1) is 11.6 Å². The van der Waals surface area contributed by atoms with Gasteiger partial charge in [0.05, 0.1) is 13.1 Å². The number of carbonyl (C=O) groups is 1. The Bertz CT molecular complexity index is 456. The number of hydrogen-bond acceptors (Lipinski definition) is 4. The molecule has 4 nitrogen and oxygen atoms in total. The third-order valence-electron chi connectivity index (χ3n) is 2.57. The zero-order valence-electron chi connectivity index (χ0n) is 9.23. The van der Waals surface area contributed by atoms with Crippen LogP contribution in [0.15, 0.2) is 28.5 Å². The van der Waals surface area contributed by atoms with Gasteiger partial charge >= 0.3 is 0 Å². The average molecular weight is 239 g/mol. The molecular weight excluding hydrogens is 228 g/mol. The Morgan fingerprint density at radius 1 is 1.47 bits per heavy atom. The topological polar surface area (TPSA) is 45.0 Å². The minimum absolute atomic E-state index is 0.0220. The highest BCUT2D eigenvalue weighted by molar-refractivity contribution is 5.81. The van der Waals surface area contributed by atoms with Crippen LogP contribution < -0.4 is 0 Å². The molecule has 0 amide bonds. The second-order valence-electron chi connectivity index (χ2n) is 3.88. The Morgan fingerprint density at radius 3 is 2.65 bits per heavy atom. The van der Waals surface area contributed by atoms with Crippen LogP contribution in [-0.2, 0) is 11.3 Å². The Labute approximate surface area is 96.9 Å². The fourth-order valence-electron chi connectivity index (χ4n) is 1.58. The van der Waals surface area contributed by atoms with Gasteiger partial charge in [-0.15, -0.1) is 0 Å². The Hall–Kier alpha value is -1.85. The molecule has 0 saturated carbocycles. The van der Waals surface area contributed by atoms with Gasteiger partial charge in [-0.1, -0.05) is 11.3 Å². The molecule has 0 N–H and O–H groups in total. The van der Waals surface area contributed by atoms with Crippen LogP contribution in [0.5, 0.6) is 0 Å². The van der Waals surface area contributed by atoms with E-state index >= 15 is 0 Å². The van der Waals surface area contributed by atoms with Gasteiger partial charge in [0.1, 0.15) is 17.7 Å². The largest absolute Gasteiger partial charge is 0.297 e. The molecule has 0 radical (unpaired) electrons. The van der Waals surface area contributed by atoms with Crippen molar-refractivity contribution in [2.45, 2.75) is 19.5 Å². The van der Waals surface area contributed by atoms with Gasteiger partial charge in [0, 0.05) is 5.56 Å². The van der Waals surface area contributed by atoms with Crippen LogP contribution in [0.2, 0.25) is 0 Å². The summed E-state index contributed by atoms with van der Waals surface area (Å²) in [6.45, 7) is 1.66. The van der Waals surface area contributed by atoms with Crippen molar-refractivity contribution in [1.29, 1.82) is 0 Å². The molecule has 0 spiro atoms. The van der Waals surface area contributed by atoms with Gasteiger partial charge in [-0.2, -0.15) is 5.11 Å². The van der Waals surface area contributed by atoms with Gasteiger partial charge in [-0.3, -0.25) is 9.80 Å². The van der Waals surface area contributed by atoms with Gasteiger partial charge in [-0.25, -0.2) is 8.78 Å². The first-order valence-electron chi connectivity index (χ1n) is 5.17. The standard InChI is InChI=1S/C11H11F2N3O/c1-7(17)11-6-16(15-14-11)5-8-9(12)3-2-4-10(8)13/h2-4,11H,5-6H2,1H3. The molecule has 6 heteroatoms. The lowest BCUT2D eigenvalue weighted by Crippen LogP contribution is -2.25. The zero-order chi connectivity index (χ0) is 12.4. The fourth-order valence-corrected chi connectivity index (χ4v) is 1.58. The zero-order valence-corrected chi connectivity index (χ0v) is 9.23. The molecule has 0 aromatic heterocycles. The van der Waals surface area contributed by atoms with E-state index in [1.54, 1.807) is 0 Å². The maximum Gasteiger partial charge on any atom is 0.158 e. The summed E-state index contributed by atoms with van der Waals surface area (Å²) < 4.78 is 26.7. The van der Waals surface area contributed by atoms with Crippen molar-refractivity contribution in [3.63, 3.8) is 0 Å². The molecule has 1 unspecified atom stereocenters. The quantitative estimate of drug-likeness (QED) is 0.810. The van der Waals surface area contributed by atoms with Crippen LogP contribution in [0.3, 0.4) is 0 Å². The maximum absolute atomic E-state index is 13.4. The lowest BCUT2D eigenvalue weighted by molar-refractivity contribution is -0.118. The van der Waals surface area contributed by atoms with Crippen molar-refractivity contribution in [3.8, 4) is 0 Å². The normalized spacial score (nSPS) is 18.8. The van der Waals surface area contributed by atoms with E-state index in [0.717, 1.165) is 0 Å². The minimum atomic E-state index is -0.619. The van der Waals surface area contributed by atoms with E-state index in [0.29, 0.717) is 0 Å². The van der Waals surface area contributed by atoms with Gasteiger partial charge < -0.3 is 0 Å². The van der Waals surface area contributed by atoms with Crippen LogP contribution in [0.4, 0.5) is 8.78 Å². The highest BCUT2D eigenvalue weighted by Crippen LogP contribution is 2.18. The Morgan fingerprint density at radius 2 is 2.12 bits per heavy atom. The molecular formula is C11H11F2N3O. The summed E-state index contributed by atoms with van der Waals surface area (Å²) in [5.74, 6) is -1.34. The minimum Gasteiger partial charge on any atom is -0.297 e. The maximum atomic E-state index is 13.4. The molecule has 0 fully saturated rings. The number of ketones is 1. The van der Waals surface area contributed by atoms with Gasteiger partial charge in [0.2, 0.25) is 0 Å². The van der Waals surface area contributed by atoms with Crippen molar-refractivity contribution in [1.82, 2.24) is 5.01 Å². The van der Waals surface area contributed by atoms with Crippen LogP contribution in [0.1, 0.15) is 12.5 Å². The number of nitrogens with zero attached hydrogens (tertiary/aromatic N) is 3. The smallest absolute Gasteiger partial charge is 0.158 e. The van der Waals surface area contributed by atoms with E-state index in [-0.39, 0.29) is 24.4 Å². The molecule has 0 aliphatic carbocycles. The summed E-state index contributed by atoms with van der Waals surface area (Å²) in [6, 6.07) is 3.16. The first-order chi connectivity index (χ1) is 8.08. The molecule has 1 aliphatic heterocycles. The molecule has 1 aromatic rings. The highest BCUT2D eigenvalue weighted by atomic mass is 19.1. The van der Waals surface area contributed by atoms with E-state index in [1.165, 1.54) is 30.1 Å². The van der Waals surface area contributed by atoms with E-state index in [1.807, 2.05) is 0 Å². The van der Waals surface area contributed by atoms with Gasteiger partial charge in [-0.05, 0) is 19.1 Å². The Balaban J connectivity index is 2.09.